The third kappa shape index (κ3) is 4.66. The minimum absolute atomic E-state index is 0. The van der Waals surface area contributed by atoms with Gasteiger partial charge in [-0.3, -0.25) is 4.79 Å². The highest BCUT2D eigenvalue weighted by atomic mass is 35.5. The molecule has 23 heavy (non-hydrogen) atoms. The molecule has 0 aliphatic carbocycles. The van der Waals surface area contributed by atoms with Crippen molar-refractivity contribution < 1.29 is 9.53 Å². The van der Waals surface area contributed by atoms with Crippen molar-refractivity contribution in [2.24, 2.45) is 5.92 Å². The van der Waals surface area contributed by atoms with E-state index in [0.29, 0.717) is 22.3 Å². The van der Waals surface area contributed by atoms with Gasteiger partial charge in [0.15, 0.2) is 0 Å². The van der Waals surface area contributed by atoms with Gasteiger partial charge in [0.05, 0.1) is 22.5 Å². The number of hydrogen-bond donors (Lipinski definition) is 1. The highest BCUT2D eigenvalue weighted by Crippen LogP contribution is 2.28. The van der Waals surface area contributed by atoms with Crippen LogP contribution in [0.4, 0.5) is 0 Å². The van der Waals surface area contributed by atoms with Gasteiger partial charge < -0.3 is 15.0 Å². The number of hydrogen-bond acceptors (Lipinski definition) is 3. The fourth-order valence-electron chi connectivity index (χ4n) is 3.10. The average Bonchev–Trinajstić information content (AvgIpc) is 3.05. The van der Waals surface area contributed by atoms with Crippen molar-refractivity contribution in [3.8, 4) is 5.75 Å². The molecule has 1 aromatic rings. The Kier molecular flexibility index (Phi) is 6.84. The first-order chi connectivity index (χ1) is 10.6. The van der Waals surface area contributed by atoms with Crippen LogP contribution < -0.4 is 10.1 Å². The summed E-state index contributed by atoms with van der Waals surface area (Å²) in [6, 6.07) is 5.27. The van der Waals surface area contributed by atoms with Gasteiger partial charge in [-0.05, 0) is 37.9 Å². The molecule has 0 spiro atoms. The van der Waals surface area contributed by atoms with E-state index in [4.69, 9.17) is 27.9 Å². The molecule has 2 aliphatic heterocycles. The third-order valence-electron chi connectivity index (χ3n) is 4.29. The van der Waals surface area contributed by atoms with E-state index in [1.165, 1.54) is 0 Å². The van der Waals surface area contributed by atoms with E-state index in [9.17, 15) is 4.79 Å². The van der Waals surface area contributed by atoms with Gasteiger partial charge in [0, 0.05) is 19.2 Å². The van der Waals surface area contributed by atoms with Gasteiger partial charge in [0.2, 0.25) is 5.91 Å². The molecular weight excluding hydrogens is 359 g/mol. The molecule has 0 saturated carbocycles. The number of halogens is 3. The van der Waals surface area contributed by atoms with E-state index in [1.54, 1.807) is 12.1 Å². The third-order valence-corrected chi connectivity index (χ3v) is 5.03. The molecule has 2 unspecified atom stereocenters. The minimum atomic E-state index is 0. The number of carbonyl (C=O) groups excluding carboxylic acids is 1. The summed E-state index contributed by atoms with van der Waals surface area (Å²) in [5.74, 6) is 1.09. The standard InChI is InChI=1S/C16H20Cl2N2O2.ClH/c17-14-4-3-12(8-15(14)18)22-13-2-1-7-20(10-13)16(21)11-5-6-19-9-11;/h3-4,8,11,13,19H,1-2,5-7,9-10H2;1H. The Morgan fingerprint density at radius 3 is 2.78 bits per heavy atom. The second-order valence-corrected chi connectivity index (χ2v) is 6.75. The van der Waals surface area contributed by atoms with E-state index < -0.39 is 0 Å². The molecule has 7 heteroatoms. The van der Waals surface area contributed by atoms with Crippen LogP contribution in [-0.2, 0) is 4.79 Å². The molecule has 1 amide bonds. The molecule has 128 valence electrons. The van der Waals surface area contributed by atoms with Crippen LogP contribution in [0.5, 0.6) is 5.75 Å². The van der Waals surface area contributed by atoms with Crippen LogP contribution in [-0.4, -0.2) is 43.1 Å². The summed E-state index contributed by atoms with van der Waals surface area (Å²) in [5, 5.41) is 4.25. The summed E-state index contributed by atoms with van der Waals surface area (Å²) >= 11 is 11.9. The summed E-state index contributed by atoms with van der Waals surface area (Å²) in [4.78, 5) is 14.4. The number of carbonyl (C=O) groups is 1. The zero-order valence-corrected chi connectivity index (χ0v) is 15.1. The first-order valence-electron chi connectivity index (χ1n) is 7.74. The number of amides is 1. The number of nitrogens with zero attached hydrogens (tertiary/aromatic N) is 1. The lowest BCUT2D eigenvalue weighted by Gasteiger charge is -2.34. The fraction of sp³-hybridized carbons (Fsp3) is 0.562. The van der Waals surface area contributed by atoms with E-state index in [-0.39, 0.29) is 30.3 Å². The van der Waals surface area contributed by atoms with Crippen molar-refractivity contribution in [3.05, 3.63) is 28.2 Å². The maximum absolute atomic E-state index is 12.5. The lowest BCUT2D eigenvalue weighted by Crippen LogP contribution is -2.47. The molecule has 0 bridgehead atoms. The van der Waals surface area contributed by atoms with Gasteiger partial charge in [-0.2, -0.15) is 0 Å². The van der Waals surface area contributed by atoms with Crippen LogP contribution in [0.3, 0.4) is 0 Å². The highest BCUT2D eigenvalue weighted by Gasteiger charge is 2.31. The zero-order chi connectivity index (χ0) is 15.5. The Balaban J connectivity index is 0.00000192. The lowest BCUT2D eigenvalue weighted by molar-refractivity contribution is -0.137. The summed E-state index contributed by atoms with van der Waals surface area (Å²) in [7, 11) is 0. The topological polar surface area (TPSA) is 41.6 Å². The Morgan fingerprint density at radius 2 is 2.09 bits per heavy atom. The van der Waals surface area contributed by atoms with Gasteiger partial charge in [-0.1, -0.05) is 23.2 Å². The van der Waals surface area contributed by atoms with Crippen molar-refractivity contribution >= 4 is 41.5 Å². The number of rotatable bonds is 3. The van der Waals surface area contributed by atoms with Gasteiger partial charge in [0.1, 0.15) is 11.9 Å². The molecule has 0 aromatic heterocycles. The summed E-state index contributed by atoms with van der Waals surface area (Å²) in [5.41, 5.74) is 0. The summed E-state index contributed by atoms with van der Waals surface area (Å²) in [6.45, 7) is 3.22. The Bertz CT molecular complexity index is 550. The number of nitrogens with one attached hydrogen (secondary N) is 1. The van der Waals surface area contributed by atoms with Crippen LogP contribution in [0.2, 0.25) is 10.0 Å². The van der Waals surface area contributed by atoms with Crippen molar-refractivity contribution in [2.75, 3.05) is 26.2 Å². The number of benzene rings is 1. The van der Waals surface area contributed by atoms with Gasteiger partial charge >= 0.3 is 0 Å². The number of likely N-dealkylation sites (tertiary alicyclic amines) is 1. The first kappa shape index (κ1) is 18.7. The molecule has 0 radical (unpaired) electrons. The number of piperidine rings is 1. The monoisotopic (exact) mass is 378 g/mol. The first-order valence-corrected chi connectivity index (χ1v) is 8.50. The molecule has 2 atom stereocenters. The molecule has 2 saturated heterocycles. The Labute approximate surface area is 152 Å². The SMILES string of the molecule is Cl.O=C(C1CCNC1)N1CCCC(Oc2ccc(Cl)c(Cl)c2)C1. The maximum Gasteiger partial charge on any atom is 0.227 e. The van der Waals surface area contributed by atoms with E-state index in [1.807, 2.05) is 11.0 Å². The van der Waals surface area contributed by atoms with Crippen LogP contribution in [0, 0.1) is 5.92 Å². The smallest absolute Gasteiger partial charge is 0.227 e. The van der Waals surface area contributed by atoms with Crippen molar-refractivity contribution in [1.82, 2.24) is 10.2 Å². The highest BCUT2D eigenvalue weighted by molar-refractivity contribution is 6.42. The normalized spacial score (nSPS) is 24.2. The van der Waals surface area contributed by atoms with E-state index >= 15 is 0 Å². The van der Waals surface area contributed by atoms with E-state index in [0.717, 1.165) is 38.9 Å². The average molecular weight is 380 g/mol. The van der Waals surface area contributed by atoms with Gasteiger partial charge in [-0.25, -0.2) is 0 Å². The van der Waals surface area contributed by atoms with Gasteiger partial charge in [-0.15, -0.1) is 12.4 Å². The predicted molar refractivity (Wildman–Crippen MR) is 94.9 cm³/mol. The lowest BCUT2D eigenvalue weighted by atomic mass is 10.0. The van der Waals surface area contributed by atoms with E-state index in [2.05, 4.69) is 5.32 Å². The summed E-state index contributed by atoms with van der Waals surface area (Å²) < 4.78 is 5.98. The molecule has 2 fully saturated rings. The number of ether oxygens (including phenoxy) is 1. The van der Waals surface area contributed by atoms with Crippen molar-refractivity contribution in [2.45, 2.75) is 25.4 Å². The Hall–Kier alpha value is -0.680. The predicted octanol–water partition coefficient (Wildman–Crippen LogP) is 3.39. The molecule has 4 nitrogen and oxygen atoms in total. The van der Waals surface area contributed by atoms with Crippen LogP contribution in [0.25, 0.3) is 0 Å². The molecule has 1 N–H and O–H groups in total. The largest absolute Gasteiger partial charge is 0.489 e. The Morgan fingerprint density at radius 1 is 1.26 bits per heavy atom. The van der Waals surface area contributed by atoms with Crippen LogP contribution in [0.1, 0.15) is 19.3 Å². The maximum atomic E-state index is 12.5. The van der Waals surface area contributed by atoms with Gasteiger partial charge in [0.25, 0.3) is 0 Å². The molecular formula is C16H21Cl3N2O2. The fourth-order valence-corrected chi connectivity index (χ4v) is 3.39. The second kappa shape index (κ2) is 8.43. The quantitative estimate of drug-likeness (QED) is 0.875. The second-order valence-electron chi connectivity index (χ2n) is 5.93. The van der Waals surface area contributed by atoms with Crippen molar-refractivity contribution in [1.29, 1.82) is 0 Å². The molecule has 1 aromatic carbocycles. The zero-order valence-electron chi connectivity index (χ0n) is 12.8. The minimum Gasteiger partial charge on any atom is -0.489 e. The molecule has 2 heterocycles. The molecule has 2 aliphatic rings. The van der Waals surface area contributed by atoms with Crippen LogP contribution >= 0.6 is 35.6 Å². The van der Waals surface area contributed by atoms with Crippen LogP contribution in [0.15, 0.2) is 18.2 Å². The molecule has 3 rings (SSSR count). The summed E-state index contributed by atoms with van der Waals surface area (Å²) in [6.07, 6.45) is 2.88. The van der Waals surface area contributed by atoms with Crippen molar-refractivity contribution in [3.63, 3.8) is 0 Å².